The molecule has 1 heterocycles. The molecule has 1 aromatic heterocycles. The van der Waals surface area contributed by atoms with E-state index in [1.54, 1.807) is 22.8 Å². The van der Waals surface area contributed by atoms with E-state index in [1.807, 2.05) is 26.8 Å². The van der Waals surface area contributed by atoms with E-state index in [0.29, 0.717) is 23.0 Å². The molecule has 0 saturated carbocycles. The van der Waals surface area contributed by atoms with Crippen LogP contribution in [0.5, 0.6) is 0 Å². The molecule has 0 aliphatic heterocycles. The van der Waals surface area contributed by atoms with Crippen molar-refractivity contribution in [1.82, 2.24) is 9.55 Å². The van der Waals surface area contributed by atoms with Gasteiger partial charge in [0, 0.05) is 12.1 Å². The SMILES string of the molecule is CCc1nc2ccc(N)cc2c(=O)n1C1=CCCC=C1OC(C)C. The van der Waals surface area contributed by atoms with E-state index in [4.69, 9.17) is 10.5 Å². The van der Waals surface area contributed by atoms with Gasteiger partial charge in [0.15, 0.2) is 0 Å². The van der Waals surface area contributed by atoms with Gasteiger partial charge in [-0.15, -0.1) is 0 Å². The molecule has 0 unspecified atom stereocenters. The van der Waals surface area contributed by atoms with Crippen molar-refractivity contribution in [2.45, 2.75) is 46.1 Å². The van der Waals surface area contributed by atoms with E-state index < -0.39 is 0 Å². The fraction of sp³-hybridized carbons (Fsp3) is 0.368. The molecule has 5 heteroatoms. The molecule has 24 heavy (non-hydrogen) atoms. The van der Waals surface area contributed by atoms with Gasteiger partial charge in [-0.3, -0.25) is 9.36 Å². The number of anilines is 1. The Balaban J connectivity index is 2.24. The maximum absolute atomic E-state index is 13.1. The van der Waals surface area contributed by atoms with E-state index >= 15 is 0 Å². The highest BCUT2D eigenvalue weighted by molar-refractivity contribution is 5.82. The number of aromatic nitrogens is 2. The molecule has 0 saturated heterocycles. The van der Waals surface area contributed by atoms with Crippen LogP contribution in [-0.2, 0) is 11.2 Å². The Hall–Kier alpha value is -2.56. The molecule has 1 aromatic carbocycles. The fourth-order valence-corrected chi connectivity index (χ4v) is 2.94. The van der Waals surface area contributed by atoms with Gasteiger partial charge in [0.1, 0.15) is 11.6 Å². The third kappa shape index (κ3) is 2.94. The minimum absolute atomic E-state index is 0.0441. The lowest BCUT2D eigenvalue weighted by molar-refractivity contribution is 0.157. The number of allylic oxidation sites excluding steroid dienone is 3. The number of nitrogen functional groups attached to an aromatic ring is 1. The van der Waals surface area contributed by atoms with Crippen LogP contribution in [0, 0.1) is 0 Å². The molecule has 1 aliphatic carbocycles. The first kappa shape index (κ1) is 16.3. The summed E-state index contributed by atoms with van der Waals surface area (Å²) in [6, 6.07) is 5.26. The first-order valence-corrected chi connectivity index (χ1v) is 8.40. The monoisotopic (exact) mass is 325 g/mol. The van der Waals surface area contributed by atoms with Crippen LogP contribution < -0.4 is 11.3 Å². The molecule has 0 spiro atoms. The summed E-state index contributed by atoms with van der Waals surface area (Å²) in [7, 11) is 0. The molecule has 126 valence electrons. The fourth-order valence-electron chi connectivity index (χ4n) is 2.94. The number of fused-ring (bicyclic) bond motifs is 1. The number of ether oxygens (including phenoxy) is 1. The Morgan fingerprint density at radius 1 is 1.29 bits per heavy atom. The number of hydrogen-bond donors (Lipinski definition) is 1. The lowest BCUT2D eigenvalue weighted by Crippen LogP contribution is -2.27. The summed E-state index contributed by atoms with van der Waals surface area (Å²) in [6.45, 7) is 5.96. The number of nitrogens with zero attached hydrogens (tertiary/aromatic N) is 2. The molecule has 1 aliphatic rings. The van der Waals surface area contributed by atoms with Crippen molar-refractivity contribution < 1.29 is 4.74 Å². The highest BCUT2D eigenvalue weighted by Crippen LogP contribution is 2.26. The lowest BCUT2D eigenvalue weighted by atomic mass is 10.1. The van der Waals surface area contributed by atoms with Gasteiger partial charge in [-0.05, 0) is 51.0 Å². The van der Waals surface area contributed by atoms with Crippen LogP contribution in [-0.4, -0.2) is 15.7 Å². The summed E-state index contributed by atoms with van der Waals surface area (Å²) in [5.74, 6) is 1.47. The average molecular weight is 325 g/mol. The summed E-state index contributed by atoms with van der Waals surface area (Å²) < 4.78 is 7.60. The van der Waals surface area contributed by atoms with Crippen molar-refractivity contribution >= 4 is 22.3 Å². The molecule has 0 atom stereocenters. The number of aryl methyl sites for hydroxylation is 1. The molecular formula is C19H23N3O2. The van der Waals surface area contributed by atoms with Gasteiger partial charge in [0.05, 0.1) is 22.7 Å². The Bertz CT molecular complexity index is 891. The Kier molecular flexibility index (Phi) is 4.42. The maximum Gasteiger partial charge on any atom is 0.266 e. The second-order valence-electron chi connectivity index (χ2n) is 6.20. The van der Waals surface area contributed by atoms with Gasteiger partial charge in [-0.2, -0.15) is 0 Å². The van der Waals surface area contributed by atoms with Crippen molar-refractivity contribution in [3.63, 3.8) is 0 Å². The summed E-state index contributed by atoms with van der Waals surface area (Å²) in [5.41, 5.74) is 7.78. The van der Waals surface area contributed by atoms with Gasteiger partial charge in [0.25, 0.3) is 5.56 Å². The van der Waals surface area contributed by atoms with Crippen LogP contribution in [0.25, 0.3) is 16.6 Å². The number of rotatable bonds is 4. The van der Waals surface area contributed by atoms with Crippen LogP contribution in [0.3, 0.4) is 0 Å². The minimum atomic E-state index is -0.101. The molecule has 2 N–H and O–H groups in total. The molecule has 2 aromatic rings. The van der Waals surface area contributed by atoms with Crippen molar-refractivity contribution in [1.29, 1.82) is 0 Å². The minimum Gasteiger partial charge on any atom is -0.489 e. The highest BCUT2D eigenvalue weighted by Gasteiger charge is 2.20. The largest absolute Gasteiger partial charge is 0.489 e. The highest BCUT2D eigenvalue weighted by atomic mass is 16.5. The van der Waals surface area contributed by atoms with Crippen molar-refractivity contribution in [2.75, 3.05) is 5.73 Å². The molecule has 0 radical (unpaired) electrons. The zero-order valence-corrected chi connectivity index (χ0v) is 14.4. The number of benzene rings is 1. The standard InChI is InChI=1S/C19H23N3O2/c1-4-18-21-15-10-9-13(20)11-14(15)19(23)22(18)16-7-5-6-8-17(16)24-12(2)3/h7-12H,4-6,20H2,1-3H3. The Labute approximate surface area is 141 Å². The summed E-state index contributed by atoms with van der Waals surface area (Å²) >= 11 is 0. The van der Waals surface area contributed by atoms with Crippen molar-refractivity contribution in [3.05, 3.63) is 52.3 Å². The van der Waals surface area contributed by atoms with E-state index in [1.165, 1.54) is 0 Å². The van der Waals surface area contributed by atoms with Gasteiger partial charge in [-0.1, -0.05) is 13.0 Å². The Morgan fingerprint density at radius 2 is 2.04 bits per heavy atom. The van der Waals surface area contributed by atoms with Crippen molar-refractivity contribution in [2.24, 2.45) is 0 Å². The first-order valence-electron chi connectivity index (χ1n) is 8.40. The average Bonchev–Trinajstić information content (AvgIpc) is 2.55. The van der Waals surface area contributed by atoms with Crippen LogP contribution in [0.15, 0.2) is 40.9 Å². The van der Waals surface area contributed by atoms with E-state index in [0.717, 1.165) is 30.1 Å². The first-order chi connectivity index (χ1) is 11.5. The van der Waals surface area contributed by atoms with Gasteiger partial charge >= 0.3 is 0 Å². The molecule has 5 nitrogen and oxygen atoms in total. The quantitative estimate of drug-likeness (QED) is 0.874. The number of hydrogen-bond acceptors (Lipinski definition) is 4. The third-order valence-electron chi connectivity index (χ3n) is 3.97. The van der Waals surface area contributed by atoms with E-state index in [2.05, 4.69) is 11.1 Å². The zero-order chi connectivity index (χ0) is 17.3. The summed E-state index contributed by atoms with van der Waals surface area (Å²) in [5, 5.41) is 0.530. The smallest absolute Gasteiger partial charge is 0.266 e. The molecule has 0 bridgehead atoms. The maximum atomic E-state index is 13.1. The lowest BCUT2D eigenvalue weighted by Gasteiger charge is -2.23. The van der Waals surface area contributed by atoms with Crippen molar-refractivity contribution in [3.8, 4) is 0 Å². The van der Waals surface area contributed by atoms with Gasteiger partial charge < -0.3 is 10.5 Å². The van der Waals surface area contributed by atoms with Crippen LogP contribution in [0.2, 0.25) is 0 Å². The predicted molar refractivity (Wildman–Crippen MR) is 97.6 cm³/mol. The molecular weight excluding hydrogens is 302 g/mol. The van der Waals surface area contributed by atoms with E-state index in [-0.39, 0.29) is 11.7 Å². The topological polar surface area (TPSA) is 70.1 Å². The van der Waals surface area contributed by atoms with Gasteiger partial charge in [-0.25, -0.2) is 4.98 Å². The predicted octanol–water partition coefficient (Wildman–Crippen LogP) is 3.48. The van der Waals surface area contributed by atoms with Crippen LogP contribution in [0.1, 0.15) is 39.4 Å². The summed E-state index contributed by atoms with van der Waals surface area (Å²) in [6.07, 6.45) is 6.59. The Morgan fingerprint density at radius 3 is 2.75 bits per heavy atom. The second-order valence-corrected chi connectivity index (χ2v) is 6.20. The zero-order valence-electron chi connectivity index (χ0n) is 14.4. The van der Waals surface area contributed by atoms with Crippen LogP contribution in [0.4, 0.5) is 5.69 Å². The molecule has 0 amide bonds. The number of nitrogens with two attached hydrogens (primary N) is 1. The van der Waals surface area contributed by atoms with Gasteiger partial charge in [0.2, 0.25) is 0 Å². The molecule has 3 rings (SSSR count). The third-order valence-corrected chi connectivity index (χ3v) is 3.97. The van der Waals surface area contributed by atoms with E-state index in [9.17, 15) is 4.79 Å². The van der Waals surface area contributed by atoms with Crippen LogP contribution >= 0.6 is 0 Å². The second kappa shape index (κ2) is 6.51. The normalized spacial score (nSPS) is 14.7. The molecule has 0 fully saturated rings. The summed E-state index contributed by atoms with van der Waals surface area (Å²) in [4.78, 5) is 17.8.